The van der Waals surface area contributed by atoms with Crippen LogP contribution in [-0.4, -0.2) is 28.4 Å². The van der Waals surface area contributed by atoms with Crippen LogP contribution in [0.3, 0.4) is 0 Å². The fraction of sp³-hybridized carbons (Fsp3) is 0. The molecule has 0 amide bonds. The molecule has 22 heavy (non-hydrogen) atoms. The lowest BCUT2D eigenvalue weighted by Crippen LogP contribution is -2.01. The molecule has 108 valence electrons. The molecule has 0 aliphatic rings. The van der Waals surface area contributed by atoms with E-state index in [-0.39, 0.29) is 16.8 Å². The van der Waals surface area contributed by atoms with Crippen molar-refractivity contribution in [3.63, 3.8) is 0 Å². The maximum atomic E-state index is 11.0. The lowest BCUT2D eigenvalue weighted by Gasteiger charge is -2.01. The second-order valence-corrected chi connectivity index (χ2v) is 4.37. The van der Waals surface area contributed by atoms with Crippen molar-refractivity contribution in [2.24, 2.45) is 4.99 Å². The zero-order valence-corrected chi connectivity index (χ0v) is 11.2. The van der Waals surface area contributed by atoms with Gasteiger partial charge in [0.2, 0.25) is 0 Å². The smallest absolute Gasteiger partial charge is 0.335 e. The van der Waals surface area contributed by atoms with Gasteiger partial charge in [-0.25, -0.2) is 9.59 Å². The second kappa shape index (κ2) is 6.33. The van der Waals surface area contributed by atoms with Crippen LogP contribution in [0, 0.1) is 11.3 Å². The quantitative estimate of drug-likeness (QED) is 0.842. The van der Waals surface area contributed by atoms with Crippen molar-refractivity contribution in [3.8, 4) is 6.07 Å². The molecule has 0 radical (unpaired) electrons. The fourth-order valence-corrected chi connectivity index (χ4v) is 1.73. The van der Waals surface area contributed by atoms with Crippen molar-refractivity contribution < 1.29 is 19.8 Å². The SMILES string of the molecule is N#Cc1ccc(C=Nc2cc(C(=O)O)cc(C(=O)O)c2)cc1. The molecule has 0 fully saturated rings. The van der Waals surface area contributed by atoms with Crippen molar-refractivity contribution in [2.75, 3.05) is 0 Å². The Balaban J connectivity index is 2.35. The summed E-state index contributed by atoms with van der Waals surface area (Å²) in [5.41, 5.74) is 1.15. The van der Waals surface area contributed by atoms with E-state index in [0.717, 1.165) is 6.07 Å². The van der Waals surface area contributed by atoms with Gasteiger partial charge in [-0.05, 0) is 35.9 Å². The molecule has 2 rings (SSSR count). The number of carboxylic acids is 2. The summed E-state index contributed by atoms with van der Waals surface area (Å²) in [6.07, 6.45) is 1.47. The number of hydrogen-bond donors (Lipinski definition) is 2. The Kier molecular flexibility index (Phi) is 4.30. The first kappa shape index (κ1) is 14.9. The molecule has 0 saturated heterocycles. The Morgan fingerprint density at radius 1 is 1.00 bits per heavy atom. The Hall–Kier alpha value is -3.46. The molecular weight excluding hydrogens is 284 g/mol. The highest BCUT2D eigenvalue weighted by Crippen LogP contribution is 2.18. The Morgan fingerprint density at radius 3 is 2.00 bits per heavy atom. The van der Waals surface area contributed by atoms with Gasteiger partial charge in [-0.1, -0.05) is 12.1 Å². The maximum absolute atomic E-state index is 11.0. The average Bonchev–Trinajstić information content (AvgIpc) is 2.53. The van der Waals surface area contributed by atoms with Gasteiger partial charge in [0.15, 0.2) is 0 Å². The van der Waals surface area contributed by atoms with Crippen molar-refractivity contribution in [1.82, 2.24) is 0 Å². The molecule has 0 aromatic heterocycles. The van der Waals surface area contributed by atoms with E-state index in [9.17, 15) is 9.59 Å². The minimum absolute atomic E-state index is 0.146. The molecule has 0 bridgehead atoms. The van der Waals surface area contributed by atoms with Crippen LogP contribution in [0.25, 0.3) is 0 Å². The van der Waals surface area contributed by atoms with E-state index in [1.807, 2.05) is 6.07 Å². The molecule has 6 nitrogen and oxygen atoms in total. The van der Waals surface area contributed by atoms with E-state index in [1.165, 1.54) is 18.3 Å². The summed E-state index contributed by atoms with van der Waals surface area (Å²) in [5.74, 6) is -2.45. The molecule has 0 atom stereocenters. The summed E-state index contributed by atoms with van der Waals surface area (Å²) in [6, 6.07) is 12.2. The zero-order valence-electron chi connectivity index (χ0n) is 11.2. The van der Waals surface area contributed by atoms with E-state index >= 15 is 0 Å². The Bertz CT molecular complexity index is 770. The molecular formula is C16H10N2O4. The summed E-state index contributed by atoms with van der Waals surface area (Å²) in [6.45, 7) is 0. The minimum Gasteiger partial charge on any atom is -0.478 e. The van der Waals surface area contributed by atoms with Crippen LogP contribution in [0.2, 0.25) is 0 Å². The van der Waals surface area contributed by atoms with Crippen LogP contribution in [0.15, 0.2) is 47.5 Å². The first-order valence-electron chi connectivity index (χ1n) is 6.15. The van der Waals surface area contributed by atoms with Crippen LogP contribution < -0.4 is 0 Å². The van der Waals surface area contributed by atoms with Crippen molar-refractivity contribution >= 4 is 23.8 Å². The number of nitriles is 1. The number of carboxylic acid groups (broad SMARTS) is 2. The number of carbonyl (C=O) groups is 2. The number of aromatic carboxylic acids is 2. The topological polar surface area (TPSA) is 111 Å². The van der Waals surface area contributed by atoms with Crippen molar-refractivity contribution in [2.45, 2.75) is 0 Å². The molecule has 0 aliphatic heterocycles. The largest absolute Gasteiger partial charge is 0.478 e. The fourth-order valence-electron chi connectivity index (χ4n) is 1.73. The normalized spacial score (nSPS) is 10.3. The third kappa shape index (κ3) is 3.55. The van der Waals surface area contributed by atoms with E-state index in [0.29, 0.717) is 11.1 Å². The highest BCUT2D eigenvalue weighted by molar-refractivity contribution is 5.95. The van der Waals surface area contributed by atoms with Crippen LogP contribution in [0.1, 0.15) is 31.8 Å². The van der Waals surface area contributed by atoms with Crippen LogP contribution in [0.5, 0.6) is 0 Å². The van der Waals surface area contributed by atoms with Gasteiger partial charge < -0.3 is 10.2 Å². The highest BCUT2D eigenvalue weighted by atomic mass is 16.4. The molecule has 2 N–H and O–H groups in total. The zero-order chi connectivity index (χ0) is 16.1. The van der Waals surface area contributed by atoms with E-state index < -0.39 is 11.9 Å². The Labute approximate surface area is 125 Å². The highest BCUT2D eigenvalue weighted by Gasteiger charge is 2.10. The average molecular weight is 294 g/mol. The molecule has 0 unspecified atom stereocenters. The van der Waals surface area contributed by atoms with Crippen molar-refractivity contribution in [3.05, 3.63) is 64.7 Å². The summed E-state index contributed by atoms with van der Waals surface area (Å²) >= 11 is 0. The molecule has 2 aromatic rings. The standard InChI is InChI=1S/C16H10N2O4/c17-8-10-1-3-11(4-2-10)9-18-14-6-12(15(19)20)5-13(7-14)16(21)22/h1-7,9H,(H,19,20)(H,21,22). The number of rotatable bonds is 4. The molecule has 2 aromatic carbocycles. The van der Waals surface area contributed by atoms with Gasteiger partial charge in [0.05, 0.1) is 28.4 Å². The third-order valence-electron chi connectivity index (χ3n) is 2.81. The summed E-state index contributed by atoms with van der Waals surface area (Å²) < 4.78 is 0. The van der Waals surface area contributed by atoms with Crippen molar-refractivity contribution in [1.29, 1.82) is 5.26 Å². The first-order valence-corrected chi connectivity index (χ1v) is 6.15. The van der Waals surface area contributed by atoms with Gasteiger partial charge in [-0.2, -0.15) is 5.26 Å². The van der Waals surface area contributed by atoms with Gasteiger partial charge >= 0.3 is 11.9 Å². The third-order valence-corrected chi connectivity index (χ3v) is 2.81. The number of hydrogen-bond acceptors (Lipinski definition) is 4. The van der Waals surface area contributed by atoms with Gasteiger partial charge in [-0.15, -0.1) is 0 Å². The predicted octanol–water partition coefficient (Wildman–Crippen LogP) is 2.71. The van der Waals surface area contributed by atoms with Gasteiger partial charge in [0.1, 0.15) is 0 Å². The van der Waals surface area contributed by atoms with E-state index in [4.69, 9.17) is 15.5 Å². The molecule has 0 saturated carbocycles. The molecule has 6 heteroatoms. The summed E-state index contributed by atoms with van der Waals surface area (Å²) in [4.78, 5) is 26.1. The van der Waals surface area contributed by atoms with Gasteiger partial charge in [0.25, 0.3) is 0 Å². The van der Waals surface area contributed by atoms with E-state index in [1.54, 1.807) is 24.3 Å². The van der Waals surface area contributed by atoms with Gasteiger partial charge in [-0.3, -0.25) is 4.99 Å². The number of benzene rings is 2. The monoisotopic (exact) mass is 294 g/mol. The minimum atomic E-state index is -1.22. The van der Waals surface area contributed by atoms with E-state index in [2.05, 4.69) is 4.99 Å². The summed E-state index contributed by atoms with van der Waals surface area (Å²) in [5, 5.41) is 26.7. The van der Waals surface area contributed by atoms with Gasteiger partial charge in [0, 0.05) is 6.21 Å². The molecule has 0 spiro atoms. The number of nitrogens with zero attached hydrogens (tertiary/aromatic N) is 2. The first-order chi connectivity index (χ1) is 10.5. The summed E-state index contributed by atoms with van der Waals surface area (Å²) in [7, 11) is 0. The lowest BCUT2D eigenvalue weighted by atomic mass is 10.1. The Morgan fingerprint density at radius 2 is 1.55 bits per heavy atom. The van der Waals surface area contributed by atoms with Crippen LogP contribution in [0.4, 0.5) is 5.69 Å². The van der Waals surface area contributed by atoms with Crippen LogP contribution in [-0.2, 0) is 0 Å². The predicted molar refractivity (Wildman–Crippen MR) is 78.8 cm³/mol. The lowest BCUT2D eigenvalue weighted by molar-refractivity contribution is 0.0696. The second-order valence-electron chi connectivity index (χ2n) is 4.37. The molecule has 0 heterocycles. The molecule has 0 aliphatic carbocycles. The maximum Gasteiger partial charge on any atom is 0.335 e. The van der Waals surface area contributed by atoms with Crippen LogP contribution >= 0.6 is 0 Å². The number of aliphatic imine (C=N–C) groups is 1.